The van der Waals surface area contributed by atoms with E-state index in [1.165, 1.54) is 5.69 Å². The van der Waals surface area contributed by atoms with E-state index in [4.69, 9.17) is 4.74 Å². The van der Waals surface area contributed by atoms with Crippen LogP contribution in [0.5, 0.6) is 0 Å². The fraction of sp³-hybridized carbons (Fsp3) is 0.615. The van der Waals surface area contributed by atoms with Crippen LogP contribution in [0, 0.1) is 0 Å². The molecule has 0 spiro atoms. The molecule has 0 radical (unpaired) electrons. The molecule has 3 rings (SSSR count). The number of aromatic nitrogens is 1. The van der Waals surface area contributed by atoms with Gasteiger partial charge in [-0.25, -0.2) is 4.98 Å². The molecule has 2 aliphatic heterocycles. The lowest BCUT2D eigenvalue weighted by Gasteiger charge is -2.33. The zero-order valence-corrected chi connectivity index (χ0v) is 12.3. The van der Waals surface area contributed by atoms with Gasteiger partial charge in [0.15, 0.2) is 0 Å². The molecule has 1 N–H and O–H groups in total. The van der Waals surface area contributed by atoms with Crippen molar-refractivity contribution in [3.8, 4) is 0 Å². The highest BCUT2D eigenvalue weighted by Crippen LogP contribution is 2.39. The molecule has 3 heterocycles. The minimum atomic E-state index is 0.235. The maximum Gasteiger partial charge on any atom is 0.126 e. The van der Waals surface area contributed by atoms with Crippen LogP contribution in [0.3, 0.4) is 0 Å². The van der Waals surface area contributed by atoms with Crippen LogP contribution in [0.1, 0.15) is 26.7 Å². The molecule has 1 aromatic rings. The summed E-state index contributed by atoms with van der Waals surface area (Å²) in [5.41, 5.74) is 2.32. The van der Waals surface area contributed by atoms with E-state index < -0.39 is 0 Å². The third-order valence-electron chi connectivity index (χ3n) is 3.60. The van der Waals surface area contributed by atoms with Crippen molar-refractivity contribution >= 4 is 27.3 Å². The number of anilines is 2. The Bertz CT molecular complexity index is 446. The van der Waals surface area contributed by atoms with Crippen LogP contribution in [0.4, 0.5) is 11.4 Å². The molecule has 0 saturated carbocycles. The van der Waals surface area contributed by atoms with Crippen molar-refractivity contribution in [2.45, 2.75) is 45.0 Å². The average Bonchev–Trinajstić information content (AvgIpc) is 2.94. The van der Waals surface area contributed by atoms with Crippen LogP contribution < -0.4 is 10.2 Å². The van der Waals surface area contributed by atoms with E-state index in [0.717, 1.165) is 29.7 Å². The van der Waals surface area contributed by atoms with E-state index in [9.17, 15) is 0 Å². The number of nitrogens with one attached hydrogen (secondary N) is 1. The van der Waals surface area contributed by atoms with Gasteiger partial charge < -0.3 is 15.0 Å². The van der Waals surface area contributed by atoms with Gasteiger partial charge in [0.25, 0.3) is 0 Å². The average molecular weight is 312 g/mol. The molecule has 5 heteroatoms. The minimum Gasteiger partial charge on any atom is -0.374 e. The fourth-order valence-electron chi connectivity index (χ4n) is 2.85. The topological polar surface area (TPSA) is 37.4 Å². The predicted molar refractivity (Wildman–Crippen MR) is 75.9 cm³/mol. The van der Waals surface area contributed by atoms with Crippen molar-refractivity contribution in [2.75, 3.05) is 16.8 Å². The minimum absolute atomic E-state index is 0.235. The molecule has 2 unspecified atom stereocenters. The molecule has 0 amide bonds. The summed E-state index contributed by atoms with van der Waals surface area (Å²) in [6.45, 7) is 5.31. The monoisotopic (exact) mass is 311 g/mol. The largest absolute Gasteiger partial charge is 0.374 e. The highest BCUT2D eigenvalue weighted by molar-refractivity contribution is 9.10. The van der Waals surface area contributed by atoms with Crippen LogP contribution in [0.25, 0.3) is 0 Å². The highest BCUT2D eigenvalue weighted by atomic mass is 79.9. The third kappa shape index (κ3) is 1.99. The summed E-state index contributed by atoms with van der Waals surface area (Å²) in [6, 6.07) is 2.51. The molecule has 1 aromatic heterocycles. The SMILES string of the molecule is CC(C)N1c2cc(Br)ncc2NC1C1CCCO1. The molecule has 0 aliphatic carbocycles. The van der Waals surface area contributed by atoms with Crippen molar-refractivity contribution in [1.82, 2.24) is 4.98 Å². The van der Waals surface area contributed by atoms with Crippen molar-refractivity contribution < 1.29 is 4.74 Å². The van der Waals surface area contributed by atoms with Gasteiger partial charge in [0.05, 0.1) is 23.7 Å². The Labute approximate surface area is 116 Å². The van der Waals surface area contributed by atoms with Crippen molar-refractivity contribution in [2.24, 2.45) is 0 Å². The fourth-order valence-corrected chi connectivity index (χ4v) is 3.17. The van der Waals surface area contributed by atoms with Gasteiger partial charge in [-0.05, 0) is 48.7 Å². The first-order valence-electron chi connectivity index (χ1n) is 6.49. The van der Waals surface area contributed by atoms with Gasteiger partial charge >= 0.3 is 0 Å². The Morgan fingerprint density at radius 2 is 2.39 bits per heavy atom. The molecule has 4 nitrogen and oxygen atoms in total. The van der Waals surface area contributed by atoms with Gasteiger partial charge in [-0.3, -0.25) is 0 Å². The molecule has 0 bridgehead atoms. The molecule has 18 heavy (non-hydrogen) atoms. The summed E-state index contributed by atoms with van der Waals surface area (Å²) in [6.07, 6.45) is 4.69. The van der Waals surface area contributed by atoms with Crippen LogP contribution in [0.15, 0.2) is 16.9 Å². The number of ether oxygens (including phenoxy) is 1. The Morgan fingerprint density at radius 3 is 3.06 bits per heavy atom. The van der Waals surface area contributed by atoms with Gasteiger partial charge in [0.2, 0.25) is 0 Å². The smallest absolute Gasteiger partial charge is 0.126 e. The Hall–Kier alpha value is -0.810. The van der Waals surface area contributed by atoms with Gasteiger partial charge in [-0.15, -0.1) is 0 Å². The second kappa shape index (κ2) is 4.70. The van der Waals surface area contributed by atoms with E-state index in [-0.39, 0.29) is 12.3 Å². The first-order chi connectivity index (χ1) is 8.66. The van der Waals surface area contributed by atoms with Gasteiger partial charge in [0.1, 0.15) is 10.8 Å². The Kier molecular flexibility index (Phi) is 3.20. The number of pyridine rings is 1. The van der Waals surface area contributed by atoms with E-state index in [0.29, 0.717) is 6.04 Å². The molecule has 2 aliphatic rings. The Balaban J connectivity index is 1.94. The molecule has 1 fully saturated rings. The van der Waals surface area contributed by atoms with E-state index in [2.05, 4.69) is 51.0 Å². The molecule has 1 saturated heterocycles. The maximum absolute atomic E-state index is 5.84. The van der Waals surface area contributed by atoms with Crippen molar-refractivity contribution in [3.05, 3.63) is 16.9 Å². The molecular formula is C13H18BrN3O. The summed E-state index contributed by atoms with van der Waals surface area (Å²) in [5.74, 6) is 0. The second-order valence-electron chi connectivity index (χ2n) is 5.17. The molecule has 2 atom stereocenters. The van der Waals surface area contributed by atoms with E-state index in [1.54, 1.807) is 0 Å². The molecular weight excluding hydrogens is 294 g/mol. The van der Waals surface area contributed by atoms with Crippen molar-refractivity contribution in [1.29, 1.82) is 0 Å². The second-order valence-corrected chi connectivity index (χ2v) is 5.98. The summed E-state index contributed by atoms with van der Waals surface area (Å²) in [5, 5.41) is 3.55. The quantitative estimate of drug-likeness (QED) is 0.852. The molecule has 98 valence electrons. The predicted octanol–water partition coefficient (Wildman–Crippen LogP) is 2.99. The van der Waals surface area contributed by atoms with Gasteiger partial charge in [0, 0.05) is 12.6 Å². The van der Waals surface area contributed by atoms with Gasteiger partial charge in [-0.2, -0.15) is 0 Å². The number of nitrogens with zero attached hydrogens (tertiary/aromatic N) is 2. The summed E-state index contributed by atoms with van der Waals surface area (Å²) in [4.78, 5) is 6.69. The van der Waals surface area contributed by atoms with Crippen molar-refractivity contribution in [3.63, 3.8) is 0 Å². The van der Waals surface area contributed by atoms with Crippen LogP contribution >= 0.6 is 15.9 Å². The number of halogens is 1. The number of hydrogen-bond donors (Lipinski definition) is 1. The normalized spacial score (nSPS) is 26.6. The first-order valence-corrected chi connectivity index (χ1v) is 7.28. The van der Waals surface area contributed by atoms with Gasteiger partial charge in [-0.1, -0.05) is 0 Å². The van der Waals surface area contributed by atoms with Crippen LogP contribution in [0.2, 0.25) is 0 Å². The zero-order valence-electron chi connectivity index (χ0n) is 10.7. The summed E-state index contributed by atoms with van der Waals surface area (Å²) in [7, 11) is 0. The first kappa shape index (κ1) is 12.2. The number of hydrogen-bond acceptors (Lipinski definition) is 4. The lowest BCUT2D eigenvalue weighted by atomic mass is 10.1. The molecule has 0 aromatic carbocycles. The summed E-state index contributed by atoms with van der Waals surface area (Å²) >= 11 is 3.45. The highest BCUT2D eigenvalue weighted by Gasteiger charge is 2.38. The third-order valence-corrected chi connectivity index (χ3v) is 4.04. The zero-order chi connectivity index (χ0) is 12.7. The lowest BCUT2D eigenvalue weighted by molar-refractivity contribution is 0.0942. The van der Waals surface area contributed by atoms with Crippen LogP contribution in [-0.4, -0.2) is 29.9 Å². The van der Waals surface area contributed by atoms with Crippen LogP contribution in [-0.2, 0) is 4.74 Å². The Morgan fingerprint density at radius 1 is 1.56 bits per heavy atom. The summed E-state index contributed by atoms with van der Waals surface area (Å²) < 4.78 is 6.72. The van der Waals surface area contributed by atoms with E-state index in [1.807, 2.05) is 6.20 Å². The van der Waals surface area contributed by atoms with E-state index >= 15 is 0 Å². The number of rotatable bonds is 2. The maximum atomic E-state index is 5.84. The standard InChI is InChI=1S/C13H18BrN3O/c1-8(2)17-10-6-12(14)15-7-9(10)16-13(17)11-4-3-5-18-11/h6-8,11,13,16H,3-5H2,1-2H3. The lowest BCUT2D eigenvalue weighted by Crippen LogP contribution is -2.48. The number of fused-ring (bicyclic) bond motifs is 1.